The minimum Gasteiger partial charge on any atom is -0.463 e. The Morgan fingerprint density at radius 2 is 1.85 bits per heavy atom. The van der Waals surface area contributed by atoms with Crippen molar-refractivity contribution in [1.29, 1.82) is 0 Å². The molecule has 78 valence electrons. The fourth-order valence-corrected chi connectivity index (χ4v) is 0.466. The van der Waals surface area contributed by atoms with E-state index in [2.05, 4.69) is 18.2 Å². The first-order chi connectivity index (χ1) is 6.22. The van der Waals surface area contributed by atoms with E-state index in [9.17, 15) is 4.79 Å². The van der Waals surface area contributed by atoms with E-state index in [-0.39, 0.29) is 5.97 Å². The summed E-state index contributed by atoms with van der Waals surface area (Å²) in [6.07, 6.45) is 3.14. The normalized spacial score (nSPS) is 8.23. The first kappa shape index (κ1) is 14.7. The van der Waals surface area contributed by atoms with Crippen molar-refractivity contribution in [2.24, 2.45) is 0 Å². The van der Waals surface area contributed by atoms with E-state index >= 15 is 0 Å². The fourth-order valence-electron chi connectivity index (χ4n) is 0.466. The summed E-state index contributed by atoms with van der Waals surface area (Å²) >= 11 is 0. The predicted molar refractivity (Wildman–Crippen MR) is 53.6 cm³/mol. The van der Waals surface area contributed by atoms with E-state index in [1.165, 1.54) is 0 Å². The molecule has 0 aliphatic carbocycles. The molecule has 0 atom stereocenters. The largest absolute Gasteiger partial charge is 0.463 e. The van der Waals surface area contributed by atoms with E-state index in [0.717, 1.165) is 25.5 Å². The quantitative estimate of drug-likeness (QED) is 0.490. The maximum Gasteiger partial charge on any atom is 0.330 e. The Hall–Kier alpha value is -0.830. The molecule has 3 heteroatoms. The molecule has 13 heavy (non-hydrogen) atoms. The Morgan fingerprint density at radius 3 is 2.08 bits per heavy atom. The third-order valence-corrected chi connectivity index (χ3v) is 1.02. The molecule has 0 spiro atoms. The summed E-state index contributed by atoms with van der Waals surface area (Å²) in [7, 11) is 1.71. The monoisotopic (exact) mass is 188 g/mol. The maximum absolute atomic E-state index is 10.2. The number of hydrogen-bond acceptors (Lipinski definition) is 3. The fraction of sp³-hybridized carbons (Fsp3) is 0.700. The van der Waals surface area contributed by atoms with Crippen LogP contribution in [0.3, 0.4) is 0 Å². The summed E-state index contributed by atoms with van der Waals surface area (Å²) in [5.41, 5.74) is 0. The van der Waals surface area contributed by atoms with Crippen LogP contribution in [0.1, 0.15) is 26.7 Å². The molecule has 0 heterocycles. The average molecular weight is 188 g/mol. The number of esters is 1. The van der Waals surface area contributed by atoms with E-state index in [1.807, 2.05) is 6.92 Å². The molecular weight excluding hydrogens is 168 g/mol. The molecule has 0 rings (SSSR count). The molecule has 3 nitrogen and oxygen atoms in total. The lowest BCUT2D eigenvalue weighted by Gasteiger charge is -1.94. The van der Waals surface area contributed by atoms with Crippen LogP contribution in [0.2, 0.25) is 0 Å². The average Bonchev–Trinajstić information content (AvgIpc) is 2.16. The second-order valence-electron chi connectivity index (χ2n) is 2.36. The van der Waals surface area contributed by atoms with Crippen molar-refractivity contribution >= 4 is 5.97 Å². The van der Waals surface area contributed by atoms with Gasteiger partial charge in [0, 0.05) is 19.8 Å². The van der Waals surface area contributed by atoms with Crippen molar-refractivity contribution in [3.05, 3.63) is 12.7 Å². The Balaban J connectivity index is 0. The summed E-state index contributed by atoms with van der Waals surface area (Å²) in [5, 5.41) is 0. The Kier molecular flexibility index (Phi) is 15.5. The van der Waals surface area contributed by atoms with Gasteiger partial charge in [-0.1, -0.05) is 20.4 Å². The van der Waals surface area contributed by atoms with Gasteiger partial charge in [0.2, 0.25) is 0 Å². The van der Waals surface area contributed by atoms with Crippen LogP contribution in [-0.2, 0) is 14.3 Å². The van der Waals surface area contributed by atoms with Gasteiger partial charge in [-0.05, 0) is 12.8 Å². The molecule has 0 aromatic carbocycles. The minimum atomic E-state index is -0.341. The molecule has 0 saturated heterocycles. The number of carbonyl (C=O) groups excluding carboxylic acids is 1. The van der Waals surface area contributed by atoms with Gasteiger partial charge in [0.25, 0.3) is 0 Å². The third-order valence-electron chi connectivity index (χ3n) is 1.02. The summed E-state index contributed by atoms with van der Waals surface area (Å²) < 4.78 is 9.27. The number of carbonyl (C=O) groups is 1. The Labute approximate surface area is 80.7 Å². The zero-order chi connectivity index (χ0) is 10.5. The highest BCUT2D eigenvalue weighted by Crippen LogP contribution is 1.81. The first-order valence-corrected chi connectivity index (χ1v) is 4.50. The van der Waals surface area contributed by atoms with Gasteiger partial charge in [0.1, 0.15) is 0 Å². The highest BCUT2D eigenvalue weighted by molar-refractivity contribution is 5.81. The minimum absolute atomic E-state index is 0.341. The summed E-state index contributed by atoms with van der Waals surface area (Å²) in [4.78, 5) is 10.2. The molecular formula is C10H20O3. The van der Waals surface area contributed by atoms with Gasteiger partial charge in [0.15, 0.2) is 0 Å². The van der Waals surface area contributed by atoms with Crippen LogP contribution in [0.5, 0.6) is 0 Å². The maximum atomic E-state index is 10.2. The smallest absolute Gasteiger partial charge is 0.330 e. The van der Waals surface area contributed by atoms with Crippen LogP contribution in [-0.4, -0.2) is 26.3 Å². The van der Waals surface area contributed by atoms with Gasteiger partial charge in [-0.25, -0.2) is 4.79 Å². The van der Waals surface area contributed by atoms with Crippen molar-refractivity contribution in [2.75, 3.05) is 20.3 Å². The van der Waals surface area contributed by atoms with E-state index in [4.69, 9.17) is 4.74 Å². The van der Waals surface area contributed by atoms with Crippen molar-refractivity contribution in [2.45, 2.75) is 26.7 Å². The molecule has 0 aliphatic heterocycles. The highest BCUT2D eigenvalue weighted by atomic mass is 16.5. The van der Waals surface area contributed by atoms with E-state index in [0.29, 0.717) is 6.61 Å². The Morgan fingerprint density at radius 1 is 1.31 bits per heavy atom. The van der Waals surface area contributed by atoms with Crippen LogP contribution in [0.25, 0.3) is 0 Å². The summed E-state index contributed by atoms with van der Waals surface area (Å²) in [6, 6.07) is 0. The predicted octanol–water partition coefficient (Wildman–Crippen LogP) is 2.17. The van der Waals surface area contributed by atoms with Crippen LogP contribution in [0.15, 0.2) is 12.7 Å². The molecule has 0 amide bonds. The molecule has 0 unspecified atom stereocenters. The van der Waals surface area contributed by atoms with Crippen molar-refractivity contribution < 1.29 is 14.3 Å². The molecule has 0 radical (unpaired) electrons. The van der Waals surface area contributed by atoms with Crippen LogP contribution in [0.4, 0.5) is 0 Å². The highest BCUT2D eigenvalue weighted by Gasteiger charge is 1.89. The molecule has 0 saturated carbocycles. The van der Waals surface area contributed by atoms with Gasteiger partial charge < -0.3 is 9.47 Å². The summed E-state index contributed by atoms with van der Waals surface area (Å²) in [5.74, 6) is -0.341. The number of ether oxygens (including phenoxy) is 2. The van der Waals surface area contributed by atoms with Gasteiger partial charge >= 0.3 is 5.97 Å². The van der Waals surface area contributed by atoms with Crippen LogP contribution >= 0.6 is 0 Å². The second-order valence-corrected chi connectivity index (χ2v) is 2.36. The third kappa shape index (κ3) is 18.3. The second kappa shape index (κ2) is 13.7. The SMILES string of the molecule is C=CC(=O)OCCC.CCCOC. The van der Waals surface area contributed by atoms with E-state index in [1.54, 1.807) is 7.11 Å². The molecule has 0 fully saturated rings. The lowest BCUT2D eigenvalue weighted by Crippen LogP contribution is -1.99. The van der Waals surface area contributed by atoms with Gasteiger partial charge in [-0.2, -0.15) is 0 Å². The molecule has 0 N–H and O–H groups in total. The van der Waals surface area contributed by atoms with Crippen LogP contribution < -0.4 is 0 Å². The molecule has 0 aromatic heterocycles. The Bertz CT molecular complexity index is 119. The van der Waals surface area contributed by atoms with Crippen molar-refractivity contribution in [3.63, 3.8) is 0 Å². The standard InChI is InChI=1S/C6H10O2.C4H10O/c1-3-5-8-6(7)4-2;1-3-4-5-2/h4H,2-3,5H2,1H3;3-4H2,1-2H3. The topological polar surface area (TPSA) is 35.5 Å². The zero-order valence-electron chi connectivity index (χ0n) is 8.84. The van der Waals surface area contributed by atoms with E-state index < -0.39 is 0 Å². The molecule has 0 bridgehead atoms. The molecule has 0 aliphatic rings. The van der Waals surface area contributed by atoms with Gasteiger partial charge in [-0.15, -0.1) is 0 Å². The lowest BCUT2D eigenvalue weighted by molar-refractivity contribution is -0.137. The van der Waals surface area contributed by atoms with Crippen molar-refractivity contribution in [1.82, 2.24) is 0 Å². The van der Waals surface area contributed by atoms with Gasteiger partial charge in [-0.3, -0.25) is 0 Å². The number of rotatable bonds is 5. The zero-order valence-corrected chi connectivity index (χ0v) is 8.84. The lowest BCUT2D eigenvalue weighted by atomic mass is 10.5. The number of methoxy groups -OCH3 is 1. The molecule has 0 aromatic rings. The van der Waals surface area contributed by atoms with Crippen molar-refractivity contribution in [3.8, 4) is 0 Å². The number of hydrogen-bond donors (Lipinski definition) is 0. The van der Waals surface area contributed by atoms with Gasteiger partial charge in [0.05, 0.1) is 6.61 Å². The first-order valence-electron chi connectivity index (χ1n) is 4.50. The summed E-state index contributed by atoms with van der Waals surface area (Å²) in [6.45, 7) is 8.65. The van der Waals surface area contributed by atoms with Crippen LogP contribution in [0, 0.1) is 0 Å².